The summed E-state index contributed by atoms with van der Waals surface area (Å²) in [5.74, 6) is -3.09. The molecule has 6 nitrogen and oxygen atoms in total. The van der Waals surface area contributed by atoms with Gasteiger partial charge in [-0.1, -0.05) is 30.3 Å². The lowest BCUT2D eigenvalue weighted by atomic mass is 10.0. The van der Waals surface area contributed by atoms with Crippen molar-refractivity contribution in [2.75, 3.05) is 13.1 Å². The second-order valence-corrected chi connectivity index (χ2v) is 5.94. The van der Waals surface area contributed by atoms with Crippen LogP contribution in [0.3, 0.4) is 0 Å². The normalized spacial score (nSPS) is 18.9. The highest BCUT2D eigenvalue weighted by molar-refractivity contribution is 5.92. The van der Waals surface area contributed by atoms with Gasteiger partial charge in [-0.3, -0.25) is 14.4 Å². The van der Waals surface area contributed by atoms with Crippen LogP contribution < -0.4 is 11.1 Å². The van der Waals surface area contributed by atoms with Crippen LogP contribution in [0.4, 0.5) is 13.2 Å². The smallest absolute Gasteiger partial charge is 0.368 e. The molecular formula is C16H18F3N3O3. The molecule has 9 heteroatoms. The van der Waals surface area contributed by atoms with Crippen molar-refractivity contribution in [3.05, 3.63) is 35.9 Å². The van der Waals surface area contributed by atoms with Crippen molar-refractivity contribution < 1.29 is 27.6 Å². The van der Waals surface area contributed by atoms with E-state index in [1.807, 2.05) is 0 Å². The summed E-state index contributed by atoms with van der Waals surface area (Å²) in [4.78, 5) is 36.0. The van der Waals surface area contributed by atoms with Crippen LogP contribution in [-0.2, 0) is 20.8 Å². The number of hydrogen-bond acceptors (Lipinski definition) is 3. The standard InChI is InChI=1S/C16H18F3N3O3/c17-16(18,19)9-22-8-11(7-13(22)23)15(25)21-12(14(20)24)6-10-4-2-1-3-5-10/h1-5,11-12H,6-9H2,(H2,20,24)(H,21,25). The maximum atomic E-state index is 12.4. The van der Waals surface area contributed by atoms with Crippen LogP contribution in [0.1, 0.15) is 12.0 Å². The number of alkyl halides is 3. The van der Waals surface area contributed by atoms with Crippen molar-refractivity contribution in [2.24, 2.45) is 11.7 Å². The SMILES string of the molecule is NC(=O)C(Cc1ccccc1)NC(=O)C1CC(=O)N(CC(F)(F)F)C1. The monoisotopic (exact) mass is 357 g/mol. The lowest BCUT2D eigenvalue weighted by molar-refractivity contribution is -0.157. The Morgan fingerprint density at radius 2 is 1.92 bits per heavy atom. The van der Waals surface area contributed by atoms with Crippen LogP contribution in [0.5, 0.6) is 0 Å². The Hall–Kier alpha value is -2.58. The van der Waals surface area contributed by atoms with Gasteiger partial charge in [0.25, 0.3) is 0 Å². The second-order valence-electron chi connectivity index (χ2n) is 5.94. The maximum absolute atomic E-state index is 12.4. The van der Waals surface area contributed by atoms with Gasteiger partial charge in [0.15, 0.2) is 0 Å². The number of halogens is 3. The third-order valence-electron chi connectivity index (χ3n) is 3.90. The molecule has 2 atom stereocenters. The summed E-state index contributed by atoms with van der Waals surface area (Å²) >= 11 is 0. The zero-order chi connectivity index (χ0) is 18.6. The minimum atomic E-state index is -4.52. The third kappa shape index (κ3) is 5.47. The molecule has 3 N–H and O–H groups in total. The molecule has 1 aromatic rings. The van der Waals surface area contributed by atoms with Gasteiger partial charge in [-0.05, 0) is 5.56 Å². The highest BCUT2D eigenvalue weighted by Crippen LogP contribution is 2.24. The van der Waals surface area contributed by atoms with Gasteiger partial charge < -0.3 is 16.0 Å². The van der Waals surface area contributed by atoms with E-state index in [1.54, 1.807) is 30.3 Å². The largest absolute Gasteiger partial charge is 0.406 e. The fourth-order valence-corrected chi connectivity index (χ4v) is 2.68. The predicted molar refractivity (Wildman–Crippen MR) is 82.0 cm³/mol. The van der Waals surface area contributed by atoms with Gasteiger partial charge in [-0.2, -0.15) is 13.2 Å². The number of nitrogens with one attached hydrogen (secondary N) is 1. The molecule has 2 unspecified atom stereocenters. The maximum Gasteiger partial charge on any atom is 0.406 e. The van der Waals surface area contributed by atoms with Gasteiger partial charge >= 0.3 is 6.18 Å². The number of benzene rings is 1. The van der Waals surface area contributed by atoms with Gasteiger partial charge in [-0.25, -0.2) is 0 Å². The Morgan fingerprint density at radius 3 is 2.48 bits per heavy atom. The van der Waals surface area contributed by atoms with E-state index in [1.165, 1.54) is 0 Å². The van der Waals surface area contributed by atoms with Crippen LogP contribution in [0.2, 0.25) is 0 Å². The summed E-state index contributed by atoms with van der Waals surface area (Å²) in [5, 5.41) is 2.44. The molecule has 1 aliphatic rings. The molecule has 0 aliphatic carbocycles. The van der Waals surface area contributed by atoms with E-state index >= 15 is 0 Å². The van der Waals surface area contributed by atoms with Gasteiger partial charge in [0.2, 0.25) is 17.7 Å². The summed E-state index contributed by atoms with van der Waals surface area (Å²) < 4.78 is 37.2. The van der Waals surface area contributed by atoms with Crippen LogP contribution in [0, 0.1) is 5.92 Å². The van der Waals surface area contributed by atoms with E-state index in [-0.39, 0.29) is 19.4 Å². The Bertz CT molecular complexity index is 649. The Morgan fingerprint density at radius 1 is 1.28 bits per heavy atom. The number of hydrogen-bond donors (Lipinski definition) is 2. The van der Waals surface area contributed by atoms with Crippen LogP contribution >= 0.6 is 0 Å². The molecule has 0 spiro atoms. The summed E-state index contributed by atoms with van der Waals surface area (Å²) in [6.07, 6.45) is -4.68. The Labute approximate surface area is 142 Å². The highest BCUT2D eigenvalue weighted by atomic mass is 19.4. The average molecular weight is 357 g/mol. The number of carbonyl (C=O) groups excluding carboxylic acids is 3. The van der Waals surface area contributed by atoms with Crippen LogP contribution in [0.15, 0.2) is 30.3 Å². The number of nitrogens with zero attached hydrogens (tertiary/aromatic N) is 1. The van der Waals surface area contributed by atoms with Gasteiger partial charge in [-0.15, -0.1) is 0 Å². The molecule has 3 amide bonds. The fraction of sp³-hybridized carbons (Fsp3) is 0.438. The van der Waals surface area contributed by atoms with Crippen molar-refractivity contribution in [3.8, 4) is 0 Å². The summed E-state index contributed by atoms with van der Waals surface area (Å²) in [6.45, 7) is -1.72. The molecule has 0 radical (unpaired) electrons. The van der Waals surface area contributed by atoms with Crippen molar-refractivity contribution in [2.45, 2.75) is 25.1 Å². The molecule has 136 valence electrons. The lowest BCUT2D eigenvalue weighted by Gasteiger charge is -2.20. The number of nitrogens with two attached hydrogens (primary N) is 1. The van der Waals surface area contributed by atoms with E-state index in [0.29, 0.717) is 4.90 Å². The minimum absolute atomic E-state index is 0.162. The van der Waals surface area contributed by atoms with Gasteiger partial charge in [0, 0.05) is 19.4 Å². The molecule has 1 aliphatic heterocycles. The molecule has 1 heterocycles. The van der Waals surface area contributed by atoms with Crippen molar-refractivity contribution in [1.82, 2.24) is 10.2 Å². The molecule has 0 saturated carbocycles. The lowest BCUT2D eigenvalue weighted by Crippen LogP contribution is -2.48. The number of primary amides is 1. The van der Waals surface area contributed by atoms with E-state index in [0.717, 1.165) is 5.56 Å². The summed E-state index contributed by atoms with van der Waals surface area (Å²) in [5.41, 5.74) is 6.06. The topological polar surface area (TPSA) is 92.5 Å². The Kier molecular flexibility index (Phi) is 5.66. The van der Waals surface area contributed by atoms with Crippen LogP contribution in [0.25, 0.3) is 0 Å². The highest BCUT2D eigenvalue weighted by Gasteiger charge is 2.41. The summed E-state index contributed by atoms with van der Waals surface area (Å²) in [6, 6.07) is 7.83. The number of rotatable bonds is 6. The Balaban J connectivity index is 1.97. The molecule has 1 aromatic carbocycles. The zero-order valence-electron chi connectivity index (χ0n) is 13.3. The van der Waals surface area contributed by atoms with Gasteiger partial charge in [0.1, 0.15) is 12.6 Å². The van der Waals surface area contributed by atoms with E-state index in [4.69, 9.17) is 5.73 Å². The third-order valence-corrected chi connectivity index (χ3v) is 3.90. The fourth-order valence-electron chi connectivity index (χ4n) is 2.68. The quantitative estimate of drug-likeness (QED) is 0.781. The molecule has 1 fully saturated rings. The first-order chi connectivity index (χ1) is 11.7. The first kappa shape index (κ1) is 18.8. The molecule has 25 heavy (non-hydrogen) atoms. The van der Waals surface area contributed by atoms with Gasteiger partial charge in [0.05, 0.1) is 5.92 Å². The van der Waals surface area contributed by atoms with E-state index in [9.17, 15) is 27.6 Å². The number of carbonyl (C=O) groups is 3. The van der Waals surface area contributed by atoms with Crippen molar-refractivity contribution >= 4 is 17.7 Å². The van der Waals surface area contributed by atoms with Crippen molar-refractivity contribution in [1.29, 1.82) is 0 Å². The minimum Gasteiger partial charge on any atom is -0.368 e. The van der Waals surface area contributed by atoms with Crippen LogP contribution in [-0.4, -0.2) is 47.9 Å². The summed E-state index contributed by atoms with van der Waals surface area (Å²) in [7, 11) is 0. The molecule has 0 aromatic heterocycles. The van der Waals surface area contributed by atoms with Crippen molar-refractivity contribution in [3.63, 3.8) is 0 Å². The van der Waals surface area contributed by atoms with E-state index in [2.05, 4.69) is 5.32 Å². The molecular weight excluding hydrogens is 339 g/mol. The predicted octanol–water partition coefficient (Wildman–Crippen LogP) is 0.610. The number of amides is 3. The average Bonchev–Trinajstić information content (AvgIpc) is 2.86. The molecule has 2 rings (SSSR count). The first-order valence-corrected chi connectivity index (χ1v) is 7.64. The molecule has 0 bridgehead atoms. The zero-order valence-corrected chi connectivity index (χ0v) is 13.3. The second kappa shape index (κ2) is 7.54. The van der Waals surface area contributed by atoms with E-state index < -0.39 is 42.4 Å². The number of likely N-dealkylation sites (tertiary alicyclic amines) is 1. The molecule has 1 saturated heterocycles. The first-order valence-electron chi connectivity index (χ1n) is 7.64.